The highest BCUT2D eigenvalue weighted by molar-refractivity contribution is 5.81. The van der Waals surface area contributed by atoms with Crippen LogP contribution >= 0.6 is 0 Å². The van der Waals surface area contributed by atoms with Crippen molar-refractivity contribution in [2.75, 3.05) is 39.4 Å². The third kappa shape index (κ3) is 6.45. The largest absolute Gasteiger partial charge is 0.381 e. The summed E-state index contributed by atoms with van der Waals surface area (Å²) >= 11 is 0. The molecule has 2 saturated heterocycles. The molecule has 0 bridgehead atoms. The molecule has 0 aromatic heterocycles. The van der Waals surface area contributed by atoms with E-state index in [1.165, 1.54) is 0 Å². The van der Waals surface area contributed by atoms with Gasteiger partial charge in [0.1, 0.15) is 0 Å². The summed E-state index contributed by atoms with van der Waals surface area (Å²) in [7, 11) is 0. The zero-order valence-electron chi connectivity index (χ0n) is 17.8. The van der Waals surface area contributed by atoms with Gasteiger partial charge in [0.25, 0.3) is 0 Å². The molecule has 0 radical (unpaired) electrons. The van der Waals surface area contributed by atoms with Crippen LogP contribution in [0.1, 0.15) is 65.2 Å². The number of carbonyl (C=O) groups excluding carboxylic acids is 2. The van der Waals surface area contributed by atoms with Crippen LogP contribution in [0, 0.1) is 11.8 Å². The van der Waals surface area contributed by atoms with E-state index in [1.54, 1.807) is 0 Å². The minimum atomic E-state index is 0.172. The second-order valence-electron chi connectivity index (χ2n) is 9.19. The van der Waals surface area contributed by atoms with Gasteiger partial charge in [-0.05, 0) is 50.9 Å². The van der Waals surface area contributed by atoms with Crippen molar-refractivity contribution < 1.29 is 14.3 Å². The van der Waals surface area contributed by atoms with Gasteiger partial charge in [-0.2, -0.15) is 0 Å². The number of likely N-dealkylation sites (tertiary alicyclic amines) is 1. The maximum atomic E-state index is 12.3. The van der Waals surface area contributed by atoms with Gasteiger partial charge >= 0.3 is 0 Å². The standard InChI is InChI=1S/C22H39N3O3/c1-17(2)3-6-21(26)23-11-14-25(20-9-15-28-16-10-20)19-7-12-24(13-8-19)22(27)18-4-5-18/h17-20H,3-16H2,1-2H3,(H,23,26). The highest BCUT2D eigenvalue weighted by Crippen LogP contribution is 2.32. The third-order valence-electron chi connectivity index (χ3n) is 6.47. The lowest BCUT2D eigenvalue weighted by atomic mass is 9.97. The monoisotopic (exact) mass is 393 g/mol. The Kier molecular flexibility index (Phi) is 8.15. The Morgan fingerprint density at radius 1 is 1.04 bits per heavy atom. The molecule has 2 heterocycles. The number of rotatable bonds is 9. The normalized spacial score (nSPS) is 22.1. The molecule has 0 atom stereocenters. The Morgan fingerprint density at radius 2 is 1.68 bits per heavy atom. The van der Waals surface area contributed by atoms with Gasteiger partial charge in [-0.25, -0.2) is 0 Å². The van der Waals surface area contributed by atoms with Crippen molar-refractivity contribution in [3.05, 3.63) is 0 Å². The van der Waals surface area contributed by atoms with Gasteiger partial charge in [0.15, 0.2) is 0 Å². The number of hydrogen-bond donors (Lipinski definition) is 1. The van der Waals surface area contributed by atoms with Gasteiger partial charge in [-0.3, -0.25) is 14.5 Å². The fourth-order valence-corrected chi connectivity index (χ4v) is 4.52. The molecule has 160 valence electrons. The van der Waals surface area contributed by atoms with E-state index in [0.717, 1.165) is 84.3 Å². The highest BCUT2D eigenvalue weighted by atomic mass is 16.5. The number of carbonyl (C=O) groups is 2. The summed E-state index contributed by atoms with van der Waals surface area (Å²) in [6.45, 7) is 9.37. The lowest BCUT2D eigenvalue weighted by Gasteiger charge is -2.43. The Hall–Kier alpha value is -1.14. The topological polar surface area (TPSA) is 61.9 Å². The average Bonchev–Trinajstić information content (AvgIpc) is 3.55. The zero-order valence-corrected chi connectivity index (χ0v) is 17.8. The Bertz CT molecular complexity index is 507. The van der Waals surface area contributed by atoms with Crippen LogP contribution in [0.15, 0.2) is 0 Å². The molecule has 0 aromatic rings. The summed E-state index contributed by atoms with van der Waals surface area (Å²) in [4.78, 5) is 29.1. The molecule has 0 unspecified atom stereocenters. The Balaban J connectivity index is 1.48. The smallest absolute Gasteiger partial charge is 0.225 e. The first-order valence-corrected chi connectivity index (χ1v) is 11.4. The van der Waals surface area contributed by atoms with Crippen molar-refractivity contribution in [3.63, 3.8) is 0 Å². The highest BCUT2D eigenvalue weighted by Gasteiger charge is 2.36. The van der Waals surface area contributed by atoms with Crippen molar-refractivity contribution in [3.8, 4) is 0 Å². The number of piperidine rings is 1. The van der Waals surface area contributed by atoms with Gasteiger partial charge in [0, 0.05) is 63.8 Å². The number of amides is 2. The van der Waals surface area contributed by atoms with E-state index in [-0.39, 0.29) is 5.91 Å². The molecule has 1 N–H and O–H groups in total. The second-order valence-corrected chi connectivity index (χ2v) is 9.19. The van der Waals surface area contributed by atoms with E-state index < -0.39 is 0 Å². The summed E-state index contributed by atoms with van der Waals surface area (Å²) in [6.07, 6.45) is 7.99. The van der Waals surface area contributed by atoms with E-state index in [2.05, 4.69) is 29.0 Å². The molecule has 28 heavy (non-hydrogen) atoms. The molecule has 0 aromatic carbocycles. The lowest BCUT2D eigenvalue weighted by Crippen LogP contribution is -2.53. The summed E-state index contributed by atoms with van der Waals surface area (Å²) in [5.74, 6) is 1.44. The lowest BCUT2D eigenvalue weighted by molar-refractivity contribution is -0.134. The third-order valence-corrected chi connectivity index (χ3v) is 6.47. The fourth-order valence-electron chi connectivity index (χ4n) is 4.52. The molecule has 0 spiro atoms. The molecule has 2 aliphatic heterocycles. The minimum absolute atomic E-state index is 0.172. The number of ether oxygens (including phenoxy) is 1. The Labute approximate surface area is 170 Å². The van der Waals surface area contributed by atoms with Crippen LogP contribution < -0.4 is 5.32 Å². The molecule has 3 fully saturated rings. The number of hydrogen-bond acceptors (Lipinski definition) is 4. The number of nitrogens with one attached hydrogen (secondary N) is 1. The quantitative estimate of drug-likeness (QED) is 0.654. The van der Waals surface area contributed by atoms with Crippen LogP contribution in [0.25, 0.3) is 0 Å². The summed E-state index contributed by atoms with van der Waals surface area (Å²) in [6, 6.07) is 1.05. The fraction of sp³-hybridized carbons (Fsp3) is 0.909. The van der Waals surface area contributed by atoms with Crippen molar-refractivity contribution in [2.45, 2.75) is 77.3 Å². The molecule has 1 aliphatic carbocycles. The van der Waals surface area contributed by atoms with Crippen LogP contribution in [0.2, 0.25) is 0 Å². The Morgan fingerprint density at radius 3 is 2.29 bits per heavy atom. The maximum Gasteiger partial charge on any atom is 0.225 e. The predicted molar refractivity (Wildman–Crippen MR) is 110 cm³/mol. The van der Waals surface area contributed by atoms with Gasteiger partial charge < -0.3 is 15.0 Å². The molecule has 6 heteroatoms. The van der Waals surface area contributed by atoms with Gasteiger partial charge in [-0.1, -0.05) is 13.8 Å². The SMILES string of the molecule is CC(C)CCC(=O)NCCN(C1CCOCC1)C1CCN(C(=O)C2CC2)CC1. The maximum absolute atomic E-state index is 12.3. The van der Waals surface area contributed by atoms with Crippen LogP contribution in [0.3, 0.4) is 0 Å². The minimum Gasteiger partial charge on any atom is -0.381 e. The molecular formula is C22H39N3O3. The van der Waals surface area contributed by atoms with Crippen LogP contribution in [0.5, 0.6) is 0 Å². The summed E-state index contributed by atoms with van der Waals surface area (Å²) < 4.78 is 5.57. The van der Waals surface area contributed by atoms with E-state index in [9.17, 15) is 9.59 Å². The molecule has 2 amide bonds. The van der Waals surface area contributed by atoms with Crippen molar-refractivity contribution >= 4 is 11.8 Å². The van der Waals surface area contributed by atoms with Crippen LogP contribution in [-0.2, 0) is 14.3 Å². The summed E-state index contributed by atoms with van der Waals surface area (Å²) in [5, 5.41) is 3.12. The molecule has 3 rings (SSSR count). The van der Waals surface area contributed by atoms with Gasteiger partial charge in [0.2, 0.25) is 11.8 Å². The van der Waals surface area contributed by atoms with Gasteiger partial charge in [0.05, 0.1) is 0 Å². The zero-order chi connectivity index (χ0) is 19.9. The van der Waals surface area contributed by atoms with Crippen molar-refractivity contribution in [1.29, 1.82) is 0 Å². The van der Waals surface area contributed by atoms with Crippen LogP contribution in [0.4, 0.5) is 0 Å². The second kappa shape index (κ2) is 10.6. The predicted octanol–water partition coefficient (Wildman–Crippen LogP) is 2.42. The van der Waals surface area contributed by atoms with E-state index >= 15 is 0 Å². The first-order chi connectivity index (χ1) is 13.5. The first kappa shape index (κ1) is 21.6. The van der Waals surface area contributed by atoms with Crippen molar-refractivity contribution in [1.82, 2.24) is 15.1 Å². The van der Waals surface area contributed by atoms with Crippen LogP contribution in [-0.4, -0.2) is 73.1 Å². The van der Waals surface area contributed by atoms with E-state index in [0.29, 0.717) is 36.2 Å². The average molecular weight is 394 g/mol. The molecule has 1 saturated carbocycles. The summed E-state index contributed by atoms with van der Waals surface area (Å²) in [5.41, 5.74) is 0. The number of nitrogens with zero attached hydrogens (tertiary/aromatic N) is 2. The first-order valence-electron chi connectivity index (χ1n) is 11.4. The van der Waals surface area contributed by atoms with Gasteiger partial charge in [-0.15, -0.1) is 0 Å². The van der Waals surface area contributed by atoms with E-state index in [1.807, 2.05) is 0 Å². The molecular weight excluding hydrogens is 354 g/mol. The molecule has 3 aliphatic rings. The van der Waals surface area contributed by atoms with Crippen molar-refractivity contribution in [2.24, 2.45) is 11.8 Å². The molecule has 6 nitrogen and oxygen atoms in total. The van der Waals surface area contributed by atoms with E-state index in [4.69, 9.17) is 4.74 Å².